The minimum atomic E-state index is -3.91. The molecule has 0 bridgehead atoms. The summed E-state index contributed by atoms with van der Waals surface area (Å²) in [6, 6.07) is 12.0. The SMILES string of the molecule is O=C(NNC(=O)c1cnccn1)c1cccc(S(=O)(=O)Nc2ccc(Br)cc2)c1. The van der Waals surface area contributed by atoms with Crippen molar-refractivity contribution in [2.45, 2.75) is 4.90 Å². The number of rotatable bonds is 5. The Bertz CT molecular complexity index is 1140. The van der Waals surface area contributed by atoms with Gasteiger partial charge in [-0.05, 0) is 42.5 Å². The van der Waals surface area contributed by atoms with Gasteiger partial charge in [-0.15, -0.1) is 0 Å². The quantitative estimate of drug-likeness (QED) is 0.484. The van der Waals surface area contributed by atoms with Gasteiger partial charge in [-0.1, -0.05) is 22.0 Å². The van der Waals surface area contributed by atoms with Crippen molar-refractivity contribution >= 4 is 43.5 Å². The Labute approximate surface area is 174 Å². The number of hydrogen-bond donors (Lipinski definition) is 3. The monoisotopic (exact) mass is 475 g/mol. The van der Waals surface area contributed by atoms with Gasteiger partial charge in [0.1, 0.15) is 5.69 Å². The first kappa shape index (κ1) is 20.4. The molecule has 2 amide bonds. The summed E-state index contributed by atoms with van der Waals surface area (Å²) in [6.07, 6.45) is 3.98. The number of carbonyl (C=O) groups excluding carboxylic acids is 2. The van der Waals surface area contributed by atoms with E-state index in [-0.39, 0.29) is 16.2 Å². The number of hydrazine groups is 1. The number of carbonyl (C=O) groups is 2. The highest BCUT2D eigenvalue weighted by molar-refractivity contribution is 9.10. The molecule has 0 unspecified atom stereocenters. The van der Waals surface area contributed by atoms with Crippen LogP contribution in [0.2, 0.25) is 0 Å². The van der Waals surface area contributed by atoms with E-state index in [2.05, 4.69) is 41.5 Å². The molecule has 0 spiro atoms. The van der Waals surface area contributed by atoms with Gasteiger partial charge in [-0.2, -0.15) is 0 Å². The van der Waals surface area contributed by atoms with E-state index in [9.17, 15) is 18.0 Å². The third-order valence-corrected chi connectivity index (χ3v) is 5.50. The lowest BCUT2D eigenvalue weighted by molar-refractivity contribution is 0.0843. The summed E-state index contributed by atoms with van der Waals surface area (Å²) in [5, 5.41) is 0. The second kappa shape index (κ2) is 8.80. The Balaban J connectivity index is 1.70. The van der Waals surface area contributed by atoms with Crippen molar-refractivity contribution in [3.05, 3.63) is 82.9 Å². The lowest BCUT2D eigenvalue weighted by atomic mass is 10.2. The summed E-state index contributed by atoms with van der Waals surface area (Å²) in [6.45, 7) is 0. The van der Waals surface area contributed by atoms with Gasteiger partial charge in [0.15, 0.2) is 0 Å². The van der Waals surface area contributed by atoms with Crippen LogP contribution in [0.25, 0.3) is 0 Å². The van der Waals surface area contributed by atoms with E-state index in [1.807, 2.05) is 0 Å². The van der Waals surface area contributed by atoms with Gasteiger partial charge in [0.25, 0.3) is 21.8 Å². The number of sulfonamides is 1. The normalized spacial score (nSPS) is 10.8. The zero-order valence-electron chi connectivity index (χ0n) is 14.7. The van der Waals surface area contributed by atoms with E-state index in [0.29, 0.717) is 5.69 Å². The van der Waals surface area contributed by atoms with Crippen LogP contribution < -0.4 is 15.6 Å². The summed E-state index contributed by atoms with van der Waals surface area (Å²) in [7, 11) is -3.91. The van der Waals surface area contributed by atoms with Crippen LogP contribution in [0.3, 0.4) is 0 Å². The standard InChI is InChI=1S/C18H14BrN5O4S/c19-13-4-6-14(7-5-13)24-29(27,28)15-3-1-2-12(10-15)17(25)22-23-18(26)16-11-20-8-9-21-16/h1-11,24H,(H,22,25)(H,23,26). The topological polar surface area (TPSA) is 130 Å². The van der Waals surface area contributed by atoms with E-state index in [1.54, 1.807) is 24.3 Å². The van der Waals surface area contributed by atoms with Crippen molar-refractivity contribution < 1.29 is 18.0 Å². The number of anilines is 1. The fourth-order valence-corrected chi connectivity index (χ4v) is 3.57. The number of amides is 2. The van der Waals surface area contributed by atoms with Crippen LogP contribution in [0, 0.1) is 0 Å². The molecule has 9 nitrogen and oxygen atoms in total. The Morgan fingerprint density at radius 2 is 1.66 bits per heavy atom. The highest BCUT2D eigenvalue weighted by atomic mass is 79.9. The molecule has 0 aliphatic rings. The lowest BCUT2D eigenvalue weighted by Crippen LogP contribution is -2.42. The number of benzene rings is 2. The van der Waals surface area contributed by atoms with E-state index >= 15 is 0 Å². The van der Waals surface area contributed by atoms with Gasteiger partial charge in [0.05, 0.1) is 11.1 Å². The molecule has 0 saturated heterocycles. The maximum Gasteiger partial charge on any atom is 0.289 e. The average Bonchev–Trinajstić information content (AvgIpc) is 2.74. The molecule has 1 aromatic heterocycles. The summed E-state index contributed by atoms with van der Waals surface area (Å²) < 4.78 is 28.4. The summed E-state index contributed by atoms with van der Waals surface area (Å²) in [4.78, 5) is 31.6. The van der Waals surface area contributed by atoms with E-state index in [4.69, 9.17) is 0 Å². The molecule has 3 rings (SSSR count). The molecule has 11 heteroatoms. The van der Waals surface area contributed by atoms with E-state index in [0.717, 1.165) is 4.47 Å². The van der Waals surface area contributed by atoms with Crippen LogP contribution in [0.1, 0.15) is 20.8 Å². The molecule has 0 aliphatic heterocycles. The second-order valence-electron chi connectivity index (χ2n) is 5.64. The molecule has 0 radical (unpaired) electrons. The molecule has 0 saturated carbocycles. The lowest BCUT2D eigenvalue weighted by Gasteiger charge is -2.10. The van der Waals surface area contributed by atoms with Crippen molar-refractivity contribution in [2.75, 3.05) is 4.72 Å². The largest absolute Gasteiger partial charge is 0.289 e. The average molecular weight is 476 g/mol. The van der Waals surface area contributed by atoms with Crippen LogP contribution in [0.5, 0.6) is 0 Å². The van der Waals surface area contributed by atoms with Gasteiger partial charge in [-0.25, -0.2) is 13.4 Å². The van der Waals surface area contributed by atoms with E-state index < -0.39 is 21.8 Å². The first-order valence-electron chi connectivity index (χ1n) is 8.10. The first-order valence-corrected chi connectivity index (χ1v) is 10.4. The van der Waals surface area contributed by atoms with Crippen LogP contribution in [-0.4, -0.2) is 30.2 Å². The third-order valence-electron chi connectivity index (χ3n) is 3.59. The predicted octanol–water partition coefficient (Wildman–Crippen LogP) is 2.11. The third kappa shape index (κ3) is 5.36. The molecular formula is C18H14BrN5O4S. The zero-order valence-corrected chi connectivity index (χ0v) is 17.1. The number of aromatic nitrogens is 2. The molecule has 3 aromatic rings. The van der Waals surface area contributed by atoms with E-state index in [1.165, 1.54) is 42.9 Å². The smallest absolute Gasteiger partial charge is 0.280 e. The molecule has 148 valence electrons. The molecule has 1 heterocycles. The Hall–Kier alpha value is -3.31. The fraction of sp³-hybridized carbons (Fsp3) is 0. The molecule has 29 heavy (non-hydrogen) atoms. The van der Waals surface area contributed by atoms with Crippen molar-refractivity contribution in [3.8, 4) is 0 Å². The van der Waals surface area contributed by atoms with Gasteiger partial charge in [-0.3, -0.25) is 30.1 Å². The molecule has 0 aliphatic carbocycles. The van der Waals surface area contributed by atoms with Crippen molar-refractivity contribution in [1.82, 2.24) is 20.8 Å². The Morgan fingerprint density at radius 1 is 0.931 bits per heavy atom. The fourth-order valence-electron chi connectivity index (χ4n) is 2.20. The van der Waals surface area contributed by atoms with Gasteiger partial charge >= 0.3 is 0 Å². The molecule has 3 N–H and O–H groups in total. The van der Waals surface area contributed by atoms with Gasteiger partial charge in [0, 0.05) is 28.1 Å². The predicted molar refractivity (Wildman–Crippen MR) is 108 cm³/mol. The maximum absolute atomic E-state index is 12.6. The highest BCUT2D eigenvalue weighted by Gasteiger charge is 2.17. The molecule has 0 atom stereocenters. The Kier molecular flexibility index (Phi) is 6.20. The second-order valence-corrected chi connectivity index (χ2v) is 8.24. The van der Waals surface area contributed by atoms with Crippen LogP contribution in [0.15, 0.2) is 76.5 Å². The minimum absolute atomic E-state index is 0.0165. The minimum Gasteiger partial charge on any atom is -0.280 e. The zero-order chi connectivity index (χ0) is 20.9. The first-order chi connectivity index (χ1) is 13.8. The molecule has 2 aromatic carbocycles. The number of hydrogen-bond acceptors (Lipinski definition) is 6. The number of halogens is 1. The van der Waals surface area contributed by atoms with Crippen LogP contribution in [0.4, 0.5) is 5.69 Å². The summed E-state index contributed by atoms with van der Waals surface area (Å²) in [5.41, 5.74) is 4.83. The van der Waals surface area contributed by atoms with Crippen molar-refractivity contribution in [2.24, 2.45) is 0 Å². The van der Waals surface area contributed by atoms with Gasteiger partial charge in [0.2, 0.25) is 0 Å². The summed E-state index contributed by atoms with van der Waals surface area (Å²) >= 11 is 3.28. The highest BCUT2D eigenvalue weighted by Crippen LogP contribution is 2.19. The Morgan fingerprint density at radius 3 is 2.34 bits per heavy atom. The van der Waals surface area contributed by atoms with Crippen LogP contribution in [-0.2, 0) is 10.0 Å². The van der Waals surface area contributed by atoms with Crippen molar-refractivity contribution in [3.63, 3.8) is 0 Å². The molecular weight excluding hydrogens is 462 g/mol. The summed E-state index contributed by atoms with van der Waals surface area (Å²) in [5.74, 6) is -1.35. The van der Waals surface area contributed by atoms with Crippen molar-refractivity contribution in [1.29, 1.82) is 0 Å². The number of nitrogens with one attached hydrogen (secondary N) is 3. The maximum atomic E-state index is 12.6. The van der Waals surface area contributed by atoms with Crippen LogP contribution >= 0.6 is 15.9 Å². The number of nitrogens with zero attached hydrogens (tertiary/aromatic N) is 2. The van der Waals surface area contributed by atoms with Gasteiger partial charge < -0.3 is 0 Å². The molecule has 0 fully saturated rings.